The first-order chi connectivity index (χ1) is 16.4. The molecule has 1 amide bonds. The number of nitrogens with one attached hydrogen (secondary N) is 1. The molecule has 3 aromatic carbocycles. The van der Waals surface area contributed by atoms with Gasteiger partial charge in [0.05, 0.1) is 29.5 Å². The van der Waals surface area contributed by atoms with Crippen molar-refractivity contribution in [3.63, 3.8) is 0 Å². The fourth-order valence-corrected chi connectivity index (χ4v) is 3.82. The Labute approximate surface area is 213 Å². The minimum Gasteiger partial charge on any atom is -0.490 e. The zero-order valence-electron chi connectivity index (χ0n) is 18.6. The second kappa shape index (κ2) is 12.5. The molecule has 0 aliphatic rings. The molecule has 9 heteroatoms. The molecule has 0 aromatic heterocycles. The third kappa shape index (κ3) is 7.03. The smallest absolute Gasteiger partial charge is 0.271 e. The first-order valence-corrected chi connectivity index (χ1v) is 11.6. The molecule has 1 N–H and O–H groups in total. The van der Waals surface area contributed by atoms with Crippen molar-refractivity contribution in [1.29, 1.82) is 0 Å². The van der Waals surface area contributed by atoms with Crippen LogP contribution in [0.1, 0.15) is 35.3 Å². The molecule has 0 radical (unpaired) electrons. The Morgan fingerprint density at radius 2 is 1.62 bits per heavy atom. The molecule has 0 fully saturated rings. The molecule has 0 aliphatic heterocycles. The topological polar surface area (TPSA) is 69.2 Å². The summed E-state index contributed by atoms with van der Waals surface area (Å²) in [7, 11) is 0. The molecule has 34 heavy (non-hydrogen) atoms. The van der Waals surface area contributed by atoms with E-state index in [4.69, 9.17) is 49.0 Å². The van der Waals surface area contributed by atoms with Crippen molar-refractivity contribution in [3.05, 3.63) is 86.4 Å². The number of halogens is 3. The van der Waals surface area contributed by atoms with Crippen LogP contribution in [0.15, 0.2) is 59.7 Å². The van der Waals surface area contributed by atoms with Gasteiger partial charge in [0.2, 0.25) is 0 Å². The molecule has 3 rings (SSSR count). The molecule has 6 nitrogen and oxygen atoms in total. The average Bonchev–Trinajstić information content (AvgIpc) is 2.80. The van der Waals surface area contributed by atoms with E-state index in [1.54, 1.807) is 42.5 Å². The normalized spacial score (nSPS) is 10.9. The predicted molar refractivity (Wildman–Crippen MR) is 136 cm³/mol. The Kier molecular flexibility index (Phi) is 9.45. The van der Waals surface area contributed by atoms with E-state index in [9.17, 15) is 4.79 Å². The number of carbonyl (C=O) groups excluding carboxylic acids is 1. The van der Waals surface area contributed by atoms with Crippen molar-refractivity contribution in [3.8, 4) is 17.2 Å². The van der Waals surface area contributed by atoms with Crippen LogP contribution in [0, 0.1) is 0 Å². The van der Waals surface area contributed by atoms with Crippen LogP contribution in [0.4, 0.5) is 0 Å². The summed E-state index contributed by atoms with van der Waals surface area (Å²) in [5.41, 5.74) is 4.33. The van der Waals surface area contributed by atoms with Crippen molar-refractivity contribution in [2.24, 2.45) is 5.10 Å². The molecular weight excluding hydrogens is 499 g/mol. The number of carbonyl (C=O) groups is 1. The van der Waals surface area contributed by atoms with E-state index in [0.29, 0.717) is 56.7 Å². The predicted octanol–water partition coefficient (Wildman–Crippen LogP) is 6.79. The lowest BCUT2D eigenvalue weighted by molar-refractivity contribution is 0.0954. The van der Waals surface area contributed by atoms with Crippen LogP contribution < -0.4 is 19.6 Å². The van der Waals surface area contributed by atoms with Gasteiger partial charge in [-0.1, -0.05) is 46.9 Å². The van der Waals surface area contributed by atoms with Crippen molar-refractivity contribution in [2.45, 2.75) is 20.5 Å². The number of hydrogen-bond acceptors (Lipinski definition) is 5. The first kappa shape index (κ1) is 25.7. The quantitative estimate of drug-likeness (QED) is 0.236. The summed E-state index contributed by atoms with van der Waals surface area (Å²) in [6.45, 7) is 4.93. The number of hydrazone groups is 1. The number of nitrogens with zero attached hydrogens (tertiary/aromatic N) is 1. The summed E-state index contributed by atoms with van der Waals surface area (Å²) in [6.07, 6.45) is 1.44. The molecule has 0 saturated heterocycles. The maximum Gasteiger partial charge on any atom is 0.271 e. The van der Waals surface area contributed by atoms with Crippen molar-refractivity contribution < 1.29 is 19.0 Å². The van der Waals surface area contributed by atoms with Crippen molar-refractivity contribution in [1.82, 2.24) is 5.43 Å². The van der Waals surface area contributed by atoms with E-state index >= 15 is 0 Å². The van der Waals surface area contributed by atoms with Crippen molar-refractivity contribution >= 4 is 46.9 Å². The number of amides is 1. The fourth-order valence-electron chi connectivity index (χ4n) is 3.00. The van der Waals surface area contributed by atoms with Gasteiger partial charge in [-0.05, 0) is 67.4 Å². The largest absolute Gasteiger partial charge is 0.490 e. The summed E-state index contributed by atoms with van der Waals surface area (Å²) in [6, 6.07) is 15.5. The van der Waals surface area contributed by atoms with Gasteiger partial charge < -0.3 is 14.2 Å². The summed E-state index contributed by atoms with van der Waals surface area (Å²) in [5, 5.41) is 5.24. The van der Waals surface area contributed by atoms with Gasteiger partial charge in [0, 0.05) is 10.6 Å². The Bertz CT molecular complexity index is 1160. The zero-order chi connectivity index (χ0) is 24.5. The minimum absolute atomic E-state index is 0.259. The lowest BCUT2D eigenvalue weighted by Gasteiger charge is -2.12. The Hall–Kier alpha value is -2.93. The SMILES string of the molecule is CCOc1ccc(C(=O)N/N=C/c2cc(Cl)c(OCc3cccc(Cl)c3)c(Cl)c2)cc1OCC. The molecule has 0 bridgehead atoms. The van der Waals surface area contributed by atoms with E-state index < -0.39 is 5.91 Å². The highest BCUT2D eigenvalue weighted by molar-refractivity contribution is 6.37. The van der Waals surface area contributed by atoms with Crippen LogP contribution in [0.3, 0.4) is 0 Å². The fraction of sp³-hybridized carbons (Fsp3) is 0.200. The lowest BCUT2D eigenvalue weighted by atomic mass is 10.2. The minimum atomic E-state index is -0.404. The van der Waals surface area contributed by atoms with Gasteiger partial charge in [0.1, 0.15) is 6.61 Å². The van der Waals surface area contributed by atoms with Gasteiger partial charge in [-0.3, -0.25) is 4.79 Å². The third-order valence-electron chi connectivity index (χ3n) is 4.48. The van der Waals surface area contributed by atoms with E-state index in [1.165, 1.54) is 6.21 Å². The summed E-state index contributed by atoms with van der Waals surface area (Å²) < 4.78 is 16.8. The van der Waals surface area contributed by atoms with Crippen LogP contribution in [-0.4, -0.2) is 25.3 Å². The van der Waals surface area contributed by atoms with Gasteiger partial charge in [-0.15, -0.1) is 0 Å². The van der Waals surface area contributed by atoms with Crippen LogP contribution >= 0.6 is 34.8 Å². The Morgan fingerprint density at radius 1 is 0.912 bits per heavy atom. The summed E-state index contributed by atoms with van der Waals surface area (Å²) in [5.74, 6) is 1.01. The maximum atomic E-state index is 12.5. The number of hydrogen-bond donors (Lipinski definition) is 1. The molecule has 0 saturated carbocycles. The maximum absolute atomic E-state index is 12.5. The van der Waals surface area contributed by atoms with E-state index in [2.05, 4.69) is 10.5 Å². The molecule has 0 unspecified atom stereocenters. The van der Waals surface area contributed by atoms with Gasteiger partial charge in [0.15, 0.2) is 17.2 Å². The number of ether oxygens (including phenoxy) is 3. The lowest BCUT2D eigenvalue weighted by Crippen LogP contribution is -2.17. The summed E-state index contributed by atoms with van der Waals surface area (Å²) >= 11 is 18.7. The summed E-state index contributed by atoms with van der Waals surface area (Å²) in [4.78, 5) is 12.5. The second-order valence-corrected chi connectivity index (χ2v) is 8.21. The molecule has 0 heterocycles. The molecule has 0 aliphatic carbocycles. The molecule has 178 valence electrons. The monoisotopic (exact) mass is 520 g/mol. The van der Waals surface area contributed by atoms with Crippen LogP contribution in [-0.2, 0) is 6.61 Å². The highest BCUT2D eigenvalue weighted by atomic mass is 35.5. The van der Waals surface area contributed by atoms with Gasteiger partial charge >= 0.3 is 0 Å². The highest BCUT2D eigenvalue weighted by Gasteiger charge is 2.12. The zero-order valence-corrected chi connectivity index (χ0v) is 20.9. The van der Waals surface area contributed by atoms with E-state index in [-0.39, 0.29) is 6.61 Å². The van der Waals surface area contributed by atoms with E-state index in [1.807, 2.05) is 26.0 Å². The standard InChI is InChI=1S/C25H23Cl3N2O4/c1-3-32-22-9-8-18(13-23(22)33-4-2)25(31)30-29-14-17-11-20(27)24(21(28)12-17)34-15-16-6-5-7-19(26)10-16/h5-14H,3-4,15H2,1-2H3,(H,30,31)/b29-14+. The second-order valence-electron chi connectivity index (χ2n) is 6.96. The first-order valence-electron chi connectivity index (χ1n) is 10.5. The van der Waals surface area contributed by atoms with Crippen LogP contribution in [0.5, 0.6) is 17.2 Å². The van der Waals surface area contributed by atoms with Crippen molar-refractivity contribution in [2.75, 3.05) is 13.2 Å². The Morgan fingerprint density at radius 3 is 2.29 bits per heavy atom. The average molecular weight is 522 g/mol. The molecule has 0 spiro atoms. The van der Waals surface area contributed by atoms with Gasteiger partial charge in [-0.25, -0.2) is 5.43 Å². The highest BCUT2D eigenvalue weighted by Crippen LogP contribution is 2.34. The van der Waals surface area contributed by atoms with Gasteiger partial charge in [0.25, 0.3) is 5.91 Å². The number of benzene rings is 3. The molecule has 0 atom stereocenters. The van der Waals surface area contributed by atoms with Crippen LogP contribution in [0.2, 0.25) is 15.1 Å². The molecule has 3 aromatic rings. The third-order valence-corrected chi connectivity index (χ3v) is 5.27. The van der Waals surface area contributed by atoms with Crippen LogP contribution in [0.25, 0.3) is 0 Å². The Balaban J connectivity index is 1.65. The van der Waals surface area contributed by atoms with E-state index in [0.717, 1.165) is 5.56 Å². The van der Waals surface area contributed by atoms with Gasteiger partial charge in [-0.2, -0.15) is 5.10 Å². The number of rotatable bonds is 10. The molecular formula is C25H23Cl3N2O4.